The van der Waals surface area contributed by atoms with Crippen LogP contribution in [0.4, 0.5) is 5.69 Å². The largest absolute Gasteiger partial charge is 0.363 e. The highest BCUT2D eigenvalue weighted by Gasteiger charge is 2.07. The molecule has 2 aromatic rings. The summed E-state index contributed by atoms with van der Waals surface area (Å²) in [6, 6.07) is 12.9. The maximum Gasteiger partial charge on any atom is 0.0912 e. The van der Waals surface area contributed by atoms with Crippen LogP contribution in [0.25, 0.3) is 0 Å². The summed E-state index contributed by atoms with van der Waals surface area (Å²) in [7, 11) is 2.04. The zero-order valence-electron chi connectivity index (χ0n) is 14.6. The lowest BCUT2D eigenvalue weighted by atomic mass is 9.97. The van der Waals surface area contributed by atoms with Gasteiger partial charge in [0.05, 0.1) is 12.0 Å². The van der Waals surface area contributed by atoms with Crippen molar-refractivity contribution in [2.24, 2.45) is 4.99 Å². The van der Waals surface area contributed by atoms with Crippen molar-refractivity contribution >= 4 is 23.6 Å². The van der Waals surface area contributed by atoms with E-state index in [2.05, 4.69) is 55.8 Å². The standard InChI is InChI=1S/C20H25ClN2/c1-14(2)23(5)13-22-20-11-15(3)18(10-16(20)4)12-17-8-6-7-9-19(17)21/h6-11,13-14H,12H2,1-5H3. The summed E-state index contributed by atoms with van der Waals surface area (Å²) in [5.41, 5.74) is 5.91. The summed E-state index contributed by atoms with van der Waals surface area (Å²) in [5, 5.41) is 0.824. The van der Waals surface area contributed by atoms with Gasteiger partial charge in [-0.05, 0) is 68.5 Å². The number of hydrogen-bond acceptors (Lipinski definition) is 1. The molecule has 0 atom stereocenters. The molecular weight excluding hydrogens is 304 g/mol. The first-order valence-corrected chi connectivity index (χ1v) is 8.36. The third-order valence-electron chi connectivity index (χ3n) is 4.19. The van der Waals surface area contributed by atoms with E-state index in [1.165, 1.54) is 16.7 Å². The number of hydrogen-bond donors (Lipinski definition) is 0. The fourth-order valence-corrected chi connectivity index (χ4v) is 2.53. The van der Waals surface area contributed by atoms with Crippen molar-refractivity contribution in [1.82, 2.24) is 4.90 Å². The summed E-state index contributed by atoms with van der Waals surface area (Å²) in [5.74, 6) is 0. The minimum Gasteiger partial charge on any atom is -0.363 e. The fraction of sp³-hybridized carbons (Fsp3) is 0.350. The van der Waals surface area contributed by atoms with Crippen molar-refractivity contribution in [3.05, 3.63) is 63.7 Å². The first-order valence-electron chi connectivity index (χ1n) is 7.98. The molecule has 2 aromatic carbocycles. The van der Waals surface area contributed by atoms with E-state index < -0.39 is 0 Å². The molecule has 2 nitrogen and oxygen atoms in total. The Balaban J connectivity index is 2.25. The van der Waals surface area contributed by atoms with Crippen molar-refractivity contribution in [3.8, 4) is 0 Å². The average Bonchev–Trinajstić information content (AvgIpc) is 2.50. The van der Waals surface area contributed by atoms with Crippen molar-refractivity contribution in [2.75, 3.05) is 7.05 Å². The van der Waals surface area contributed by atoms with E-state index in [-0.39, 0.29) is 0 Å². The average molecular weight is 329 g/mol. The van der Waals surface area contributed by atoms with Crippen molar-refractivity contribution in [3.63, 3.8) is 0 Å². The summed E-state index contributed by atoms with van der Waals surface area (Å²) < 4.78 is 0. The Morgan fingerprint density at radius 2 is 1.78 bits per heavy atom. The number of halogens is 1. The zero-order valence-corrected chi connectivity index (χ0v) is 15.4. The Kier molecular flexibility index (Phi) is 5.84. The first-order chi connectivity index (χ1) is 10.9. The van der Waals surface area contributed by atoms with Crippen LogP contribution in [0.1, 0.15) is 36.1 Å². The van der Waals surface area contributed by atoms with Gasteiger partial charge < -0.3 is 4.90 Å². The second-order valence-corrected chi connectivity index (χ2v) is 6.74. The first kappa shape index (κ1) is 17.6. The van der Waals surface area contributed by atoms with E-state index in [0.29, 0.717) is 6.04 Å². The van der Waals surface area contributed by atoms with Gasteiger partial charge in [-0.3, -0.25) is 0 Å². The summed E-state index contributed by atoms with van der Waals surface area (Å²) in [4.78, 5) is 6.73. The van der Waals surface area contributed by atoms with E-state index in [4.69, 9.17) is 11.6 Å². The van der Waals surface area contributed by atoms with Gasteiger partial charge in [-0.2, -0.15) is 0 Å². The second-order valence-electron chi connectivity index (χ2n) is 6.34. The van der Waals surface area contributed by atoms with Gasteiger partial charge in [0.25, 0.3) is 0 Å². The Morgan fingerprint density at radius 1 is 1.09 bits per heavy atom. The fourth-order valence-electron chi connectivity index (χ4n) is 2.32. The van der Waals surface area contributed by atoms with Crippen LogP contribution in [-0.4, -0.2) is 24.3 Å². The molecule has 0 N–H and O–H groups in total. The normalized spacial score (nSPS) is 11.4. The Morgan fingerprint density at radius 3 is 2.43 bits per heavy atom. The van der Waals surface area contributed by atoms with Gasteiger partial charge in [0, 0.05) is 18.1 Å². The number of nitrogens with zero attached hydrogens (tertiary/aromatic N) is 2. The van der Waals surface area contributed by atoms with Gasteiger partial charge in [-0.25, -0.2) is 4.99 Å². The highest BCUT2D eigenvalue weighted by molar-refractivity contribution is 6.31. The molecule has 122 valence electrons. The highest BCUT2D eigenvalue weighted by atomic mass is 35.5. The van der Waals surface area contributed by atoms with Crippen LogP contribution in [-0.2, 0) is 6.42 Å². The molecule has 0 aliphatic rings. The molecule has 0 spiro atoms. The van der Waals surface area contributed by atoms with Crippen LogP contribution in [0.3, 0.4) is 0 Å². The van der Waals surface area contributed by atoms with Gasteiger partial charge in [0.1, 0.15) is 0 Å². The Hall–Kier alpha value is -1.80. The molecule has 23 heavy (non-hydrogen) atoms. The van der Waals surface area contributed by atoms with Crippen molar-refractivity contribution in [2.45, 2.75) is 40.2 Å². The second kappa shape index (κ2) is 7.65. The highest BCUT2D eigenvalue weighted by Crippen LogP contribution is 2.26. The molecule has 0 fully saturated rings. The Labute approximate surface area is 144 Å². The maximum atomic E-state index is 6.28. The third kappa shape index (κ3) is 4.59. The van der Waals surface area contributed by atoms with Crippen LogP contribution >= 0.6 is 11.6 Å². The molecule has 3 heteroatoms. The molecule has 0 aromatic heterocycles. The van der Waals surface area contributed by atoms with Crippen molar-refractivity contribution in [1.29, 1.82) is 0 Å². The minimum atomic E-state index is 0.444. The maximum absolute atomic E-state index is 6.28. The third-order valence-corrected chi connectivity index (χ3v) is 4.56. The van der Waals surface area contributed by atoms with Gasteiger partial charge in [-0.1, -0.05) is 35.9 Å². The van der Waals surface area contributed by atoms with Crippen LogP contribution in [0.5, 0.6) is 0 Å². The Bertz CT molecular complexity index is 705. The van der Waals surface area contributed by atoms with E-state index >= 15 is 0 Å². The van der Waals surface area contributed by atoms with Crippen LogP contribution < -0.4 is 0 Å². The lowest BCUT2D eigenvalue weighted by Crippen LogP contribution is -2.24. The van der Waals surface area contributed by atoms with E-state index in [0.717, 1.165) is 22.7 Å². The van der Waals surface area contributed by atoms with E-state index in [1.807, 2.05) is 31.6 Å². The van der Waals surface area contributed by atoms with Crippen LogP contribution in [0.2, 0.25) is 5.02 Å². The molecule has 0 saturated heterocycles. The van der Waals surface area contributed by atoms with Gasteiger partial charge >= 0.3 is 0 Å². The zero-order chi connectivity index (χ0) is 17.0. The van der Waals surface area contributed by atoms with Crippen molar-refractivity contribution < 1.29 is 0 Å². The molecule has 0 aliphatic heterocycles. The van der Waals surface area contributed by atoms with E-state index in [1.54, 1.807) is 0 Å². The summed E-state index contributed by atoms with van der Waals surface area (Å²) >= 11 is 6.28. The molecule has 0 saturated carbocycles. The predicted octanol–water partition coefficient (Wildman–Crippen LogP) is 5.55. The molecule has 0 unspecified atom stereocenters. The molecule has 0 radical (unpaired) electrons. The topological polar surface area (TPSA) is 15.6 Å². The number of benzene rings is 2. The molecule has 0 aliphatic carbocycles. The van der Waals surface area contributed by atoms with E-state index in [9.17, 15) is 0 Å². The lowest BCUT2D eigenvalue weighted by Gasteiger charge is -2.17. The summed E-state index contributed by atoms with van der Waals surface area (Å²) in [6.45, 7) is 8.54. The molecule has 0 heterocycles. The molecule has 0 bridgehead atoms. The van der Waals surface area contributed by atoms with Crippen LogP contribution in [0.15, 0.2) is 41.4 Å². The number of aryl methyl sites for hydroxylation is 2. The minimum absolute atomic E-state index is 0.444. The summed E-state index contributed by atoms with van der Waals surface area (Å²) in [6.07, 6.45) is 2.75. The predicted molar refractivity (Wildman–Crippen MR) is 101 cm³/mol. The number of aliphatic imine (C=N–C) groups is 1. The number of rotatable bonds is 5. The van der Waals surface area contributed by atoms with Gasteiger partial charge in [-0.15, -0.1) is 0 Å². The van der Waals surface area contributed by atoms with Gasteiger partial charge in [0.2, 0.25) is 0 Å². The SMILES string of the molecule is Cc1cc(N=CN(C)C(C)C)c(C)cc1Cc1ccccc1Cl. The lowest BCUT2D eigenvalue weighted by molar-refractivity contribution is 0.429. The molecular formula is C20H25ClN2. The molecule has 2 rings (SSSR count). The van der Waals surface area contributed by atoms with Crippen LogP contribution in [0, 0.1) is 13.8 Å². The quantitative estimate of drug-likeness (QED) is 0.519. The smallest absolute Gasteiger partial charge is 0.0912 e. The monoisotopic (exact) mass is 328 g/mol. The molecule has 0 amide bonds. The van der Waals surface area contributed by atoms with Gasteiger partial charge in [0.15, 0.2) is 0 Å².